The first-order valence-corrected chi connectivity index (χ1v) is 8.32. The summed E-state index contributed by atoms with van der Waals surface area (Å²) in [5, 5.41) is 6.54. The second kappa shape index (κ2) is 7.57. The molecule has 1 atom stereocenters. The Bertz CT molecular complexity index is 548. The third kappa shape index (κ3) is 5.14. The predicted octanol–water partition coefficient (Wildman–Crippen LogP) is 4.13. The Morgan fingerprint density at radius 2 is 1.86 bits per heavy atom. The fourth-order valence-corrected chi connectivity index (χ4v) is 2.82. The van der Waals surface area contributed by atoms with Gasteiger partial charge in [-0.05, 0) is 50.6 Å². The van der Waals surface area contributed by atoms with Crippen LogP contribution in [-0.4, -0.2) is 24.2 Å². The molecule has 1 aromatic heterocycles. The maximum atomic E-state index is 5.91. The van der Waals surface area contributed by atoms with Crippen molar-refractivity contribution in [3.63, 3.8) is 0 Å². The van der Waals surface area contributed by atoms with Crippen LogP contribution in [-0.2, 0) is 0 Å². The highest BCUT2D eigenvalue weighted by Gasteiger charge is 2.06. The van der Waals surface area contributed by atoms with Crippen molar-refractivity contribution in [2.75, 3.05) is 13.1 Å². The van der Waals surface area contributed by atoms with Crippen molar-refractivity contribution >= 4 is 11.3 Å². The van der Waals surface area contributed by atoms with Crippen molar-refractivity contribution in [3.8, 4) is 16.3 Å². The molecule has 114 valence electrons. The van der Waals surface area contributed by atoms with E-state index < -0.39 is 0 Å². The van der Waals surface area contributed by atoms with Crippen LogP contribution in [0.3, 0.4) is 0 Å². The molecule has 0 aliphatic heterocycles. The van der Waals surface area contributed by atoms with Gasteiger partial charge in [-0.2, -0.15) is 0 Å². The average molecular weight is 304 g/mol. The molecule has 0 fully saturated rings. The van der Waals surface area contributed by atoms with Crippen LogP contribution in [0.2, 0.25) is 0 Å². The Balaban J connectivity index is 1.87. The molecule has 1 unspecified atom stereocenters. The van der Waals surface area contributed by atoms with E-state index in [1.165, 1.54) is 0 Å². The van der Waals surface area contributed by atoms with E-state index in [9.17, 15) is 0 Å². The zero-order valence-electron chi connectivity index (χ0n) is 13.2. The number of rotatable bonds is 7. The lowest BCUT2D eigenvalue weighted by atomic mass is 10.2. The maximum Gasteiger partial charge on any atom is 0.123 e. The van der Waals surface area contributed by atoms with Gasteiger partial charge in [0.25, 0.3) is 0 Å². The number of aryl methyl sites for hydroxylation is 1. The second-order valence-electron chi connectivity index (χ2n) is 5.80. The molecule has 0 amide bonds. The van der Waals surface area contributed by atoms with Crippen molar-refractivity contribution in [2.45, 2.75) is 33.8 Å². The van der Waals surface area contributed by atoms with Gasteiger partial charge in [-0.3, -0.25) is 0 Å². The van der Waals surface area contributed by atoms with Crippen LogP contribution in [0.25, 0.3) is 10.6 Å². The summed E-state index contributed by atoms with van der Waals surface area (Å²) in [6, 6.07) is 8.18. The smallest absolute Gasteiger partial charge is 0.123 e. The van der Waals surface area contributed by atoms with Crippen molar-refractivity contribution in [1.29, 1.82) is 0 Å². The SMILES string of the molecule is Cc1csc(-c2ccc(OC(C)CNCC(C)C)cc2)n1. The van der Waals surface area contributed by atoms with Crippen LogP contribution in [0.15, 0.2) is 29.6 Å². The number of benzene rings is 1. The van der Waals surface area contributed by atoms with Crippen LogP contribution in [0.4, 0.5) is 0 Å². The van der Waals surface area contributed by atoms with Crippen molar-refractivity contribution in [3.05, 3.63) is 35.3 Å². The first-order valence-electron chi connectivity index (χ1n) is 7.44. The average Bonchev–Trinajstić information content (AvgIpc) is 2.86. The van der Waals surface area contributed by atoms with Gasteiger partial charge in [-0.1, -0.05) is 13.8 Å². The van der Waals surface area contributed by atoms with Gasteiger partial charge in [0.1, 0.15) is 16.9 Å². The van der Waals surface area contributed by atoms with E-state index >= 15 is 0 Å². The highest BCUT2D eigenvalue weighted by molar-refractivity contribution is 7.13. The molecular weight excluding hydrogens is 280 g/mol. The summed E-state index contributed by atoms with van der Waals surface area (Å²) in [7, 11) is 0. The number of hydrogen-bond donors (Lipinski definition) is 1. The molecule has 0 saturated carbocycles. The zero-order valence-corrected chi connectivity index (χ0v) is 14.0. The number of aromatic nitrogens is 1. The second-order valence-corrected chi connectivity index (χ2v) is 6.66. The van der Waals surface area contributed by atoms with Gasteiger partial charge in [-0.25, -0.2) is 4.98 Å². The van der Waals surface area contributed by atoms with E-state index in [1.54, 1.807) is 11.3 Å². The number of nitrogens with one attached hydrogen (secondary N) is 1. The summed E-state index contributed by atoms with van der Waals surface area (Å²) in [4.78, 5) is 4.50. The van der Waals surface area contributed by atoms with E-state index in [0.29, 0.717) is 5.92 Å². The molecule has 2 aromatic rings. The largest absolute Gasteiger partial charge is 0.489 e. The minimum absolute atomic E-state index is 0.164. The molecule has 3 nitrogen and oxygen atoms in total. The predicted molar refractivity (Wildman–Crippen MR) is 90.1 cm³/mol. The lowest BCUT2D eigenvalue weighted by molar-refractivity contribution is 0.215. The number of ether oxygens (including phenoxy) is 1. The lowest BCUT2D eigenvalue weighted by Crippen LogP contribution is -2.31. The third-order valence-corrected chi connectivity index (χ3v) is 4.05. The quantitative estimate of drug-likeness (QED) is 0.835. The minimum Gasteiger partial charge on any atom is -0.489 e. The van der Waals surface area contributed by atoms with Gasteiger partial charge in [-0.15, -0.1) is 11.3 Å². The number of thiazole rings is 1. The van der Waals surface area contributed by atoms with Crippen molar-refractivity contribution < 1.29 is 4.74 Å². The van der Waals surface area contributed by atoms with Crippen molar-refractivity contribution in [1.82, 2.24) is 10.3 Å². The fraction of sp³-hybridized carbons (Fsp3) is 0.471. The molecule has 0 bridgehead atoms. The topological polar surface area (TPSA) is 34.1 Å². The molecule has 1 aromatic carbocycles. The molecule has 0 aliphatic carbocycles. The van der Waals surface area contributed by atoms with E-state index in [2.05, 4.69) is 48.6 Å². The first kappa shape index (κ1) is 16.0. The fourth-order valence-electron chi connectivity index (χ4n) is 2.01. The molecule has 1 heterocycles. The number of hydrogen-bond acceptors (Lipinski definition) is 4. The Labute approximate surface area is 131 Å². The lowest BCUT2D eigenvalue weighted by Gasteiger charge is -2.16. The van der Waals surface area contributed by atoms with Gasteiger partial charge in [0, 0.05) is 23.2 Å². The van der Waals surface area contributed by atoms with Crippen LogP contribution < -0.4 is 10.1 Å². The highest BCUT2D eigenvalue weighted by atomic mass is 32.1. The van der Waals surface area contributed by atoms with Gasteiger partial charge >= 0.3 is 0 Å². The van der Waals surface area contributed by atoms with Gasteiger partial charge in [0.15, 0.2) is 0 Å². The molecule has 21 heavy (non-hydrogen) atoms. The van der Waals surface area contributed by atoms with E-state index in [0.717, 1.165) is 35.1 Å². The highest BCUT2D eigenvalue weighted by Crippen LogP contribution is 2.25. The van der Waals surface area contributed by atoms with Gasteiger partial charge in [0.05, 0.1) is 0 Å². The van der Waals surface area contributed by atoms with Gasteiger partial charge < -0.3 is 10.1 Å². The summed E-state index contributed by atoms with van der Waals surface area (Å²) >= 11 is 1.67. The normalized spacial score (nSPS) is 12.6. The Morgan fingerprint density at radius 1 is 1.14 bits per heavy atom. The molecule has 0 aliphatic rings. The summed E-state index contributed by atoms with van der Waals surface area (Å²) in [6.07, 6.45) is 0.164. The molecular formula is C17H24N2OS. The Kier molecular flexibility index (Phi) is 5.76. The maximum absolute atomic E-state index is 5.91. The van der Waals surface area contributed by atoms with E-state index in [1.807, 2.05) is 19.1 Å². The molecule has 4 heteroatoms. The first-order chi connectivity index (χ1) is 10.0. The summed E-state index contributed by atoms with van der Waals surface area (Å²) in [6.45, 7) is 10.4. The van der Waals surface area contributed by atoms with Gasteiger partial charge in [0.2, 0.25) is 0 Å². The van der Waals surface area contributed by atoms with E-state index in [4.69, 9.17) is 4.74 Å². The summed E-state index contributed by atoms with van der Waals surface area (Å²) < 4.78 is 5.91. The molecule has 2 rings (SSSR count). The Hall–Kier alpha value is -1.39. The van der Waals surface area contributed by atoms with Crippen LogP contribution in [0.5, 0.6) is 5.75 Å². The Morgan fingerprint density at radius 3 is 2.43 bits per heavy atom. The van der Waals surface area contributed by atoms with E-state index in [-0.39, 0.29) is 6.10 Å². The van der Waals surface area contributed by atoms with Crippen LogP contribution >= 0.6 is 11.3 Å². The van der Waals surface area contributed by atoms with Crippen LogP contribution in [0, 0.1) is 12.8 Å². The molecule has 1 N–H and O–H groups in total. The zero-order chi connectivity index (χ0) is 15.2. The molecule has 0 saturated heterocycles. The standard InChI is InChI=1S/C17H24N2OS/c1-12(2)9-18-10-14(4)20-16-7-5-15(6-8-16)17-19-13(3)11-21-17/h5-8,11-12,14,18H,9-10H2,1-4H3. The monoisotopic (exact) mass is 304 g/mol. The summed E-state index contributed by atoms with van der Waals surface area (Å²) in [5.74, 6) is 1.57. The molecule has 0 spiro atoms. The third-order valence-electron chi connectivity index (χ3n) is 3.04. The van der Waals surface area contributed by atoms with Crippen molar-refractivity contribution in [2.24, 2.45) is 5.92 Å². The minimum atomic E-state index is 0.164. The number of nitrogens with zero attached hydrogens (tertiary/aromatic N) is 1. The molecule has 0 radical (unpaired) electrons. The summed E-state index contributed by atoms with van der Waals surface area (Å²) in [5.41, 5.74) is 2.21. The van der Waals surface area contributed by atoms with Crippen LogP contribution in [0.1, 0.15) is 26.5 Å².